The van der Waals surface area contributed by atoms with Gasteiger partial charge in [-0.15, -0.1) is 0 Å². The first-order valence-electron chi connectivity index (χ1n) is 9.03. The number of nitro groups is 1. The van der Waals surface area contributed by atoms with Crippen molar-refractivity contribution in [3.8, 4) is 11.5 Å². The van der Waals surface area contributed by atoms with Crippen molar-refractivity contribution in [2.24, 2.45) is 5.10 Å². The van der Waals surface area contributed by atoms with Crippen molar-refractivity contribution in [1.29, 1.82) is 0 Å². The number of nitrogens with zero attached hydrogens (tertiary/aromatic N) is 3. The van der Waals surface area contributed by atoms with Gasteiger partial charge in [0.2, 0.25) is 0 Å². The Morgan fingerprint density at radius 1 is 1.26 bits per heavy atom. The predicted molar refractivity (Wildman–Crippen MR) is 113 cm³/mol. The molecule has 3 rings (SSSR count). The highest BCUT2D eigenvalue weighted by molar-refractivity contribution is 5.95. The van der Waals surface area contributed by atoms with Crippen LogP contribution in [0.15, 0.2) is 70.7 Å². The third-order valence-electron chi connectivity index (χ3n) is 4.36. The Hall–Kier alpha value is -4.47. The number of hydrogen-bond acceptors (Lipinski definition) is 7. The van der Waals surface area contributed by atoms with Gasteiger partial charge in [0.1, 0.15) is 5.56 Å². The number of hydrogen-bond donors (Lipinski definition) is 2. The summed E-state index contributed by atoms with van der Waals surface area (Å²) in [7, 11) is 1.26. The van der Waals surface area contributed by atoms with Crippen molar-refractivity contribution in [1.82, 2.24) is 9.99 Å². The highest BCUT2D eigenvalue weighted by atomic mass is 16.6. The summed E-state index contributed by atoms with van der Waals surface area (Å²) in [4.78, 5) is 35.6. The lowest BCUT2D eigenvalue weighted by Gasteiger charge is -2.07. The molecule has 10 heteroatoms. The summed E-state index contributed by atoms with van der Waals surface area (Å²) in [5, 5.41) is 24.7. The molecule has 0 aliphatic rings. The summed E-state index contributed by atoms with van der Waals surface area (Å²) in [6, 6.07) is 14.3. The molecular formula is C21H18N4O6. The van der Waals surface area contributed by atoms with Crippen LogP contribution in [0.2, 0.25) is 0 Å². The van der Waals surface area contributed by atoms with E-state index in [0.717, 1.165) is 23.9 Å². The standard InChI is InChI=1S/C21H18N4O6/c1-31-19-11-17(25(29)30)15(10-18(19)26)12-22-23-20(27)16-8-5-9-24(21(16)28)13-14-6-3-2-4-7-14/h2-12,26H,13H2,1H3,(H,23,27)/b22-12-. The minimum Gasteiger partial charge on any atom is -0.504 e. The summed E-state index contributed by atoms with van der Waals surface area (Å²) < 4.78 is 6.24. The molecule has 0 bridgehead atoms. The first-order valence-corrected chi connectivity index (χ1v) is 9.03. The maximum Gasteiger partial charge on any atom is 0.282 e. The van der Waals surface area contributed by atoms with Gasteiger partial charge >= 0.3 is 0 Å². The first kappa shape index (κ1) is 21.2. The fourth-order valence-electron chi connectivity index (χ4n) is 2.83. The summed E-state index contributed by atoms with van der Waals surface area (Å²) in [6.45, 7) is 0.293. The van der Waals surface area contributed by atoms with Crippen molar-refractivity contribution in [3.05, 3.63) is 98.0 Å². The Bertz CT molecular complexity index is 1200. The zero-order valence-corrected chi connectivity index (χ0v) is 16.4. The SMILES string of the molecule is COc1cc([N+](=O)[O-])c(/C=N\NC(=O)c2cccn(Cc3ccccc3)c2=O)cc1O. The number of carbonyl (C=O) groups excluding carboxylic acids is 1. The topological polar surface area (TPSA) is 136 Å². The van der Waals surface area contributed by atoms with Gasteiger partial charge in [-0.2, -0.15) is 5.10 Å². The van der Waals surface area contributed by atoms with Gasteiger partial charge in [-0.1, -0.05) is 30.3 Å². The monoisotopic (exact) mass is 422 g/mol. The van der Waals surface area contributed by atoms with Crippen LogP contribution in [-0.2, 0) is 6.54 Å². The fourth-order valence-corrected chi connectivity index (χ4v) is 2.83. The van der Waals surface area contributed by atoms with Crippen LogP contribution in [0, 0.1) is 10.1 Å². The van der Waals surface area contributed by atoms with Crippen LogP contribution in [0.25, 0.3) is 0 Å². The number of aromatic hydroxyl groups is 1. The van der Waals surface area contributed by atoms with Crippen LogP contribution < -0.4 is 15.7 Å². The Labute approximate surface area is 176 Å². The number of hydrazone groups is 1. The van der Waals surface area contributed by atoms with Crippen LogP contribution in [0.5, 0.6) is 11.5 Å². The molecule has 10 nitrogen and oxygen atoms in total. The van der Waals surface area contributed by atoms with Gasteiger partial charge in [-0.05, 0) is 23.8 Å². The minimum atomic E-state index is -0.774. The highest BCUT2D eigenvalue weighted by Gasteiger charge is 2.18. The Morgan fingerprint density at radius 2 is 2.00 bits per heavy atom. The van der Waals surface area contributed by atoms with Gasteiger partial charge in [0.15, 0.2) is 11.5 Å². The Kier molecular flexibility index (Phi) is 6.41. The van der Waals surface area contributed by atoms with E-state index in [4.69, 9.17) is 4.74 Å². The number of rotatable bonds is 7. The maximum atomic E-state index is 12.6. The predicted octanol–water partition coefficient (Wildman–Crippen LogP) is 2.28. The number of benzene rings is 2. The van der Waals surface area contributed by atoms with Crippen LogP contribution in [0.4, 0.5) is 5.69 Å². The molecule has 0 spiro atoms. The van der Waals surface area contributed by atoms with E-state index in [0.29, 0.717) is 6.54 Å². The minimum absolute atomic E-state index is 0.0573. The molecular weight excluding hydrogens is 404 g/mol. The first-order chi connectivity index (χ1) is 14.9. The zero-order valence-electron chi connectivity index (χ0n) is 16.4. The zero-order chi connectivity index (χ0) is 22.4. The number of pyridine rings is 1. The van der Waals surface area contributed by atoms with Gasteiger partial charge in [0, 0.05) is 6.20 Å². The van der Waals surface area contributed by atoms with E-state index in [-0.39, 0.29) is 28.3 Å². The number of phenols is 1. The number of nitro benzene ring substituents is 1. The van der Waals surface area contributed by atoms with Gasteiger partial charge in [0.25, 0.3) is 17.2 Å². The lowest BCUT2D eigenvalue weighted by atomic mass is 10.1. The number of methoxy groups -OCH3 is 1. The molecule has 158 valence electrons. The molecule has 1 heterocycles. The molecule has 1 amide bonds. The molecule has 1 aromatic heterocycles. The summed E-state index contributed by atoms with van der Waals surface area (Å²) in [6.07, 6.45) is 2.57. The number of phenolic OH excluding ortho intramolecular Hbond substituents is 1. The quantitative estimate of drug-likeness (QED) is 0.341. The normalized spacial score (nSPS) is 10.7. The molecule has 0 unspecified atom stereocenters. The molecule has 2 aromatic carbocycles. The van der Waals surface area contributed by atoms with Gasteiger partial charge in [-0.25, -0.2) is 5.43 Å². The van der Waals surface area contributed by atoms with Crippen molar-refractivity contribution < 1.29 is 19.6 Å². The molecule has 0 aliphatic carbocycles. The number of amides is 1. The lowest BCUT2D eigenvalue weighted by Crippen LogP contribution is -2.30. The smallest absolute Gasteiger partial charge is 0.282 e. The number of nitrogens with one attached hydrogen (secondary N) is 1. The molecule has 0 fully saturated rings. The van der Waals surface area contributed by atoms with E-state index >= 15 is 0 Å². The van der Waals surface area contributed by atoms with Crippen molar-refractivity contribution in [3.63, 3.8) is 0 Å². The van der Waals surface area contributed by atoms with Crippen molar-refractivity contribution in [2.45, 2.75) is 6.54 Å². The second-order valence-electron chi connectivity index (χ2n) is 6.38. The molecule has 3 aromatic rings. The van der Waals surface area contributed by atoms with E-state index < -0.39 is 16.4 Å². The average Bonchev–Trinajstić information content (AvgIpc) is 2.75. The summed E-state index contributed by atoms with van der Waals surface area (Å²) >= 11 is 0. The van der Waals surface area contributed by atoms with E-state index in [2.05, 4.69) is 10.5 Å². The van der Waals surface area contributed by atoms with E-state index in [1.807, 2.05) is 30.3 Å². The highest BCUT2D eigenvalue weighted by Crippen LogP contribution is 2.32. The van der Waals surface area contributed by atoms with Crippen LogP contribution in [0.1, 0.15) is 21.5 Å². The molecule has 31 heavy (non-hydrogen) atoms. The second kappa shape index (κ2) is 9.35. The number of carbonyl (C=O) groups is 1. The number of aromatic nitrogens is 1. The van der Waals surface area contributed by atoms with Crippen LogP contribution >= 0.6 is 0 Å². The molecule has 0 radical (unpaired) electrons. The number of ether oxygens (including phenoxy) is 1. The molecule has 0 atom stereocenters. The maximum absolute atomic E-state index is 12.6. The van der Waals surface area contributed by atoms with E-state index in [1.165, 1.54) is 17.7 Å². The average molecular weight is 422 g/mol. The van der Waals surface area contributed by atoms with Crippen LogP contribution in [0.3, 0.4) is 0 Å². The molecule has 0 aliphatic heterocycles. The second-order valence-corrected chi connectivity index (χ2v) is 6.38. The molecule has 0 saturated carbocycles. The van der Waals surface area contributed by atoms with Gasteiger partial charge in [-0.3, -0.25) is 19.7 Å². The fraction of sp³-hybridized carbons (Fsp3) is 0.0952. The van der Waals surface area contributed by atoms with Gasteiger partial charge in [0.05, 0.1) is 36.4 Å². The Balaban J connectivity index is 1.79. The summed E-state index contributed by atoms with van der Waals surface area (Å²) in [5.41, 5.74) is 1.99. The molecule has 0 saturated heterocycles. The van der Waals surface area contributed by atoms with Crippen molar-refractivity contribution in [2.75, 3.05) is 7.11 Å². The van der Waals surface area contributed by atoms with E-state index in [1.54, 1.807) is 12.3 Å². The third-order valence-corrected chi connectivity index (χ3v) is 4.36. The largest absolute Gasteiger partial charge is 0.504 e. The summed E-state index contributed by atoms with van der Waals surface area (Å²) in [5.74, 6) is -1.17. The van der Waals surface area contributed by atoms with E-state index in [9.17, 15) is 24.8 Å². The van der Waals surface area contributed by atoms with Crippen molar-refractivity contribution >= 4 is 17.8 Å². The third kappa shape index (κ3) is 4.93. The lowest BCUT2D eigenvalue weighted by molar-refractivity contribution is -0.385. The van der Waals surface area contributed by atoms with Crippen LogP contribution in [-0.4, -0.2) is 33.8 Å². The molecule has 2 N–H and O–H groups in total. The van der Waals surface area contributed by atoms with Gasteiger partial charge < -0.3 is 14.4 Å². The Morgan fingerprint density at radius 3 is 2.68 bits per heavy atom.